The van der Waals surface area contributed by atoms with E-state index in [1.807, 2.05) is 19.9 Å². The summed E-state index contributed by atoms with van der Waals surface area (Å²) < 4.78 is 14.5. The Morgan fingerprint density at radius 3 is 2.50 bits per heavy atom. The summed E-state index contributed by atoms with van der Waals surface area (Å²) in [7, 11) is 0. The van der Waals surface area contributed by atoms with Gasteiger partial charge in [0.05, 0.1) is 5.69 Å². The summed E-state index contributed by atoms with van der Waals surface area (Å²) in [6.45, 7) is 12.2. The van der Waals surface area contributed by atoms with Gasteiger partial charge in [0.1, 0.15) is 5.82 Å². The smallest absolute Gasteiger partial charge is 0.147 e. The Bertz CT molecular complexity index is 686. The molecular formula is C21H28FNS. The summed E-state index contributed by atoms with van der Waals surface area (Å²) in [6, 6.07) is 1.65. The molecule has 0 spiro atoms. The van der Waals surface area contributed by atoms with Gasteiger partial charge in [0.2, 0.25) is 0 Å². The molecule has 0 saturated heterocycles. The molecule has 1 atom stereocenters. The Hall–Kier alpha value is -1.48. The standard InChI is InChI=1S/C21H28FNS/c1-6-16-7-9-17(10-8-16)19(11-13(2)3)23-21-15(5)14(4)20(24)12-18(21)22/h6-7,9,12-13,19,23-24H,1,8,10-11H2,2-5H3. The first-order valence-corrected chi connectivity index (χ1v) is 9.05. The van der Waals surface area contributed by atoms with E-state index in [9.17, 15) is 4.39 Å². The van der Waals surface area contributed by atoms with Crippen molar-refractivity contribution in [2.45, 2.75) is 57.9 Å². The lowest BCUT2D eigenvalue weighted by Gasteiger charge is -2.28. The van der Waals surface area contributed by atoms with Crippen molar-refractivity contribution in [3.63, 3.8) is 0 Å². The maximum Gasteiger partial charge on any atom is 0.147 e. The van der Waals surface area contributed by atoms with Gasteiger partial charge in [0.25, 0.3) is 0 Å². The van der Waals surface area contributed by atoms with E-state index in [4.69, 9.17) is 0 Å². The van der Waals surface area contributed by atoms with E-state index < -0.39 is 0 Å². The van der Waals surface area contributed by atoms with Crippen molar-refractivity contribution in [3.8, 4) is 0 Å². The Kier molecular flexibility index (Phi) is 6.34. The fourth-order valence-corrected chi connectivity index (χ4v) is 3.40. The van der Waals surface area contributed by atoms with Gasteiger partial charge in [-0.3, -0.25) is 0 Å². The molecule has 0 aliphatic heterocycles. The summed E-state index contributed by atoms with van der Waals surface area (Å²) >= 11 is 4.36. The van der Waals surface area contributed by atoms with Crippen LogP contribution < -0.4 is 5.32 Å². The zero-order valence-corrected chi connectivity index (χ0v) is 16.0. The lowest BCUT2D eigenvalue weighted by Crippen LogP contribution is -2.26. The topological polar surface area (TPSA) is 12.0 Å². The van der Waals surface area contributed by atoms with Crippen molar-refractivity contribution in [2.24, 2.45) is 5.92 Å². The fraction of sp³-hybridized carbons (Fsp3) is 0.429. The third kappa shape index (κ3) is 4.32. The van der Waals surface area contributed by atoms with Crippen LogP contribution in [0.5, 0.6) is 0 Å². The predicted molar refractivity (Wildman–Crippen MR) is 106 cm³/mol. The Labute approximate surface area is 151 Å². The van der Waals surface area contributed by atoms with E-state index in [2.05, 4.69) is 50.5 Å². The average Bonchev–Trinajstić information content (AvgIpc) is 2.55. The highest BCUT2D eigenvalue weighted by molar-refractivity contribution is 7.80. The van der Waals surface area contributed by atoms with Gasteiger partial charge in [-0.2, -0.15) is 0 Å². The van der Waals surface area contributed by atoms with E-state index in [1.54, 1.807) is 0 Å². The average molecular weight is 346 g/mol. The molecule has 3 heteroatoms. The molecule has 1 unspecified atom stereocenters. The van der Waals surface area contributed by atoms with Gasteiger partial charge < -0.3 is 5.32 Å². The van der Waals surface area contributed by atoms with Crippen molar-refractivity contribution in [3.05, 3.63) is 59.0 Å². The van der Waals surface area contributed by atoms with Gasteiger partial charge in [-0.05, 0) is 67.4 Å². The molecule has 0 aromatic heterocycles. The second kappa shape index (κ2) is 8.06. The number of hydrogen-bond acceptors (Lipinski definition) is 2. The van der Waals surface area contributed by atoms with Crippen molar-refractivity contribution >= 4 is 18.3 Å². The van der Waals surface area contributed by atoms with Crippen molar-refractivity contribution in [2.75, 3.05) is 5.32 Å². The van der Waals surface area contributed by atoms with Crippen LogP contribution in [0.2, 0.25) is 0 Å². The third-order valence-corrected chi connectivity index (χ3v) is 5.24. The minimum absolute atomic E-state index is 0.144. The molecule has 1 N–H and O–H groups in total. The SMILES string of the molecule is C=CC1=CC=C(C(CC(C)C)Nc2c(F)cc(S)c(C)c2C)CC1. The number of benzene rings is 1. The molecule has 1 aromatic carbocycles. The number of halogens is 1. The highest BCUT2D eigenvalue weighted by Gasteiger charge is 2.21. The van der Waals surface area contributed by atoms with Crippen LogP contribution in [-0.4, -0.2) is 6.04 Å². The maximum atomic E-state index is 14.5. The third-order valence-electron chi connectivity index (χ3n) is 4.77. The van der Waals surface area contributed by atoms with E-state index >= 15 is 0 Å². The molecule has 130 valence electrons. The number of thiol groups is 1. The van der Waals surface area contributed by atoms with Crippen molar-refractivity contribution < 1.29 is 4.39 Å². The first-order valence-electron chi connectivity index (χ1n) is 8.60. The number of anilines is 1. The van der Waals surface area contributed by atoms with Crippen molar-refractivity contribution in [1.29, 1.82) is 0 Å². The van der Waals surface area contributed by atoms with E-state index in [0.29, 0.717) is 16.5 Å². The number of hydrogen-bond donors (Lipinski definition) is 2. The predicted octanol–water partition coefficient (Wildman–Crippen LogP) is 6.39. The highest BCUT2D eigenvalue weighted by atomic mass is 32.1. The van der Waals surface area contributed by atoms with Crippen LogP contribution in [0.1, 0.15) is 44.2 Å². The zero-order valence-electron chi connectivity index (χ0n) is 15.1. The molecule has 1 aliphatic rings. The summed E-state index contributed by atoms with van der Waals surface area (Å²) in [6.07, 6.45) is 9.19. The lowest BCUT2D eigenvalue weighted by atomic mass is 9.88. The molecule has 0 heterocycles. The normalized spacial score (nSPS) is 15.8. The largest absolute Gasteiger partial charge is 0.376 e. The minimum Gasteiger partial charge on any atom is -0.376 e. The second-order valence-electron chi connectivity index (χ2n) is 7.02. The molecule has 0 saturated carbocycles. The van der Waals surface area contributed by atoms with Crippen LogP contribution in [-0.2, 0) is 0 Å². The first kappa shape index (κ1) is 18.9. The maximum absolute atomic E-state index is 14.5. The molecule has 1 aliphatic carbocycles. The summed E-state index contributed by atoms with van der Waals surface area (Å²) in [5.41, 5.74) is 5.17. The Morgan fingerprint density at radius 1 is 1.25 bits per heavy atom. The van der Waals surface area contributed by atoms with E-state index in [-0.39, 0.29) is 11.9 Å². The van der Waals surface area contributed by atoms with Crippen LogP contribution in [0.4, 0.5) is 10.1 Å². The molecular weight excluding hydrogens is 317 g/mol. The fourth-order valence-electron chi connectivity index (χ4n) is 3.11. The van der Waals surface area contributed by atoms with Crippen LogP contribution in [0, 0.1) is 25.6 Å². The number of rotatable bonds is 6. The van der Waals surface area contributed by atoms with Gasteiger partial charge in [0.15, 0.2) is 0 Å². The molecule has 0 radical (unpaired) electrons. The number of allylic oxidation sites excluding steroid dienone is 4. The molecule has 1 nitrogen and oxygen atoms in total. The van der Waals surface area contributed by atoms with Crippen LogP contribution >= 0.6 is 12.6 Å². The summed E-state index contributed by atoms with van der Waals surface area (Å²) in [5, 5.41) is 3.49. The molecule has 2 rings (SSSR count). The molecule has 24 heavy (non-hydrogen) atoms. The summed E-state index contributed by atoms with van der Waals surface area (Å²) in [4.78, 5) is 0.700. The highest BCUT2D eigenvalue weighted by Crippen LogP contribution is 2.32. The van der Waals surface area contributed by atoms with E-state index in [1.165, 1.54) is 17.2 Å². The zero-order chi connectivity index (χ0) is 17.9. The van der Waals surface area contributed by atoms with E-state index in [0.717, 1.165) is 30.4 Å². The first-order chi connectivity index (χ1) is 11.3. The van der Waals surface area contributed by atoms with Crippen molar-refractivity contribution in [1.82, 2.24) is 0 Å². The van der Waals surface area contributed by atoms with Crippen LogP contribution in [0.15, 0.2) is 46.9 Å². The van der Waals surface area contributed by atoms with Crippen LogP contribution in [0.3, 0.4) is 0 Å². The van der Waals surface area contributed by atoms with Gasteiger partial charge in [-0.25, -0.2) is 4.39 Å². The monoisotopic (exact) mass is 345 g/mol. The Balaban J connectivity index is 2.34. The van der Waals surface area contributed by atoms with Gasteiger partial charge >= 0.3 is 0 Å². The Morgan fingerprint density at radius 2 is 1.96 bits per heavy atom. The lowest BCUT2D eigenvalue weighted by molar-refractivity contribution is 0.536. The molecule has 0 bridgehead atoms. The number of nitrogens with one attached hydrogen (secondary N) is 1. The van der Waals surface area contributed by atoms with Gasteiger partial charge in [-0.1, -0.05) is 38.7 Å². The molecule has 0 amide bonds. The van der Waals surface area contributed by atoms with Gasteiger partial charge in [0, 0.05) is 10.9 Å². The molecule has 0 fully saturated rings. The summed E-state index contributed by atoms with van der Waals surface area (Å²) in [5.74, 6) is 0.303. The minimum atomic E-state index is -0.226. The second-order valence-corrected chi connectivity index (χ2v) is 7.50. The van der Waals surface area contributed by atoms with Crippen LogP contribution in [0.25, 0.3) is 0 Å². The quantitative estimate of drug-likeness (QED) is 0.569. The molecule has 1 aromatic rings. The van der Waals surface area contributed by atoms with Gasteiger partial charge in [-0.15, -0.1) is 12.6 Å².